The second-order valence-corrected chi connectivity index (χ2v) is 4.51. The van der Waals surface area contributed by atoms with Crippen LogP contribution in [0.5, 0.6) is 0 Å². The Labute approximate surface area is 111 Å². The van der Waals surface area contributed by atoms with Gasteiger partial charge in [-0.1, -0.05) is 36.5 Å². The van der Waals surface area contributed by atoms with Gasteiger partial charge in [-0.3, -0.25) is 4.79 Å². The molecular formula is C12H14Cl2N2O. The maximum Gasteiger partial charge on any atom is 0.272 e. The van der Waals surface area contributed by atoms with E-state index < -0.39 is 0 Å². The Morgan fingerprint density at radius 2 is 2.12 bits per heavy atom. The van der Waals surface area contributed by atoms with Crippen molar-refractivity contribution >= 4 is 34.8 Å². The molecule has 1 amide bonds. The minimum absolute atomic E-state index is 0.318. The van der Waals surface area contributed by atoms with Gasteiger partial charge in [-0.05, 0) is 31.5 Å². The number of amides is 1. The van der Waals surface area contributed by atoms with Crippen molar-refractivity contribution in [2.24, 2.45) is 5.10 Å². The second kappa shape index (κ2) is 6.62. The number of nitrogens with zero attached hydrogens (tertiary/aromatic N) is 1. The Kier molecular flexibility index (Phi) is 5.45. The zero-order chi connectivity index (χ0) is 12.8. The van der Waals surface area contributed by atoms with Gasteiger partial charge in [-0.15, -0.1) is 0 Å². The van der Waals surface area contributed by atoms with Crippen molar-refractivity contribution in [2.45, 2.75) is 26.7 Å². The molecule has 0 unspecified atom stereocenters. The van der Waals surface area contributed by atoms with Crippen molar-refractivity contribution in [1.82, 2.24) is 5.43 Å². The number of rotatable bonds is 4. The maximum absolute atomic E-state index is 11.7. The molecule has 0 spiro atoms. The Bertz CT molecular complexity index is 444. The zero-order valence-electron chi connectivity index (χ0n) is 9.76. The highest BCUT2D eigenvalue weighted by Gasteiger charge is 2.09. The lowest BCUT2D eigenvalue weighted by Crippen LogP contribution is -2.19. The van der Waals surface area contributed by atoms with Crippen LogP contribution in [-0.4, -0.2) is 11.6 Å². The standard InChI is InChI=1S/C12H14Cl2N2O/c1-3-4-8(2)15-16-12(17)10-6-5-9(13)7-11(10)14/h5-7H,3-4H2,1-2H3,(H,16,17). The number of carbonyl (C=O) groups excluding carboxylic acids is 1. The van der Waals surface area contributed by atoms with Gasteiger partial charge in [0, 0.05) is 10.7 Å². The van der Waals surface area contributed by atoms with Crippen LogP contribution in [0.15, 0.2) is 23.3 Å². The van der Waals surface area contributed by atoms with Crippen LogP contribution in [0.1, 0.15) is 37.0 Å². The summed E-state index contributed by atoms with van der Waals surface area (Å²) in [4.78, 5) is 11.7. The molecule has 92 valence electrons. The van der Waals surface area contributed by atoms with E-state index in [4.69, 9.17) is 23.2 Å². The van der Waals surface area contributed by atoms with Crippen LogP contribution >= 0.6 is 23.2 Å². The molecule has 0 aromatic heterocycles. The van der Waals surface area contributed by atoms with Gasteiger partial charge in [0.15, 0.2) is 0 Å². The first-order chi connectivity index (χ1) is 8.04. The van der Waals surface area contributed by atoms with E-state index in [0.717, 1.165) is 18.6 Å². The summed E-state index contributed by atoms with van der Waals surface area (Å²) < 4.78 is 0. The van der Waals surface area contributed by atoms with E-state index in [1.165, 1.54) is 6.07 Å². The topological polar surface area (TPSA) is 41.5 Å². The number of benzene rings is 1. The summed E-state index contributed by atoms with van der Waals surface area (Å²) in [5.74, 6) is -0.331. The van der Waals surface area contributed by atoms with Crippen molar-refractivity contribution in [3.05, 3.63) is 33.8 Å². The average Bonchev–Trinajstić information content (AvgIpc) is 2.26. The summed E-state index contributed by atoms with van der Waals surface area (Å²) in [5.41, 5.74) is 3.71. The first-order valence-corrected chi connectivity index (χ1v) is 6.08. The smallest absolute Gasteiger partial charge is 0.267 e. The first-order valence-electron chi connectivity index (χ1n) is 5.33. The Hall–Kier alpha value is -1.06. The molecular weight excluding hydrogens is 259 g/mol. The van der Waals surface area contributed by atoms with Gasteiger partial charge >= 0.3 is 0 Å². The summed E-state index contributed by atoms with van der Waals surface area (Å²) in [5, 5.41) is 4.79. The van der Waals surface area contributed by atoms with Crippen molar-refractivity contribution in [3.63, 3.8) is 0 Å². The molecule has 1 rings (SSSR count). The molecule has 0 radical (unpaired) electrons. The van der Waals surface area contributed by atoms with E-state index in [1.54, 1.807) is 12.1 Å². The van der Waals surface area contributed by atoms with Gasteiger partial charge in [-0.2, -0.15) is 5.10 Å². The number of hydrogen-bond donors (Lipinski definition) is 1. The fraction of sp³-hybridized carbons (Fsp3) is 0.333. The molecule has 3 nitrogen and oxygen atoms in total. The fourth-order valence-electron chi connectivity index (χ4n) is 1.30. The Balaban J connectivity index is 2.74. The van der Waals surface area contributed by atoms with Crippen LogP contribution in [0, 0.1) is 0 Å². The van der Waals surface area contributed by atoms with Crippen LogP contribution in [0.4, 0.5) is 0 Å². The molecule has 0 saturated carbocycles. The SMILES string of the molecule is CCCC(C)=NNC(=O)c1ccc(Cl)cc1Cl. The molecule has 0 aliphatic carbocycles. The van der Waals surface area contributed by atoms with E-state index in [0.29, 0.717) is 15.6 Å². The van der Waals surface area contributed by atoms with Gasteiger partial charge in [0.2, 0.25) is 0 Å². The molecule has 0 atom stereocenters. The van der Waals surface area contributed by atoms with E-state index in [2.05, 4.69) is 17.5 Å². The highest BCUT2D eigenvalue weighted by molar-refractivity contribution is 6.36. The van der Waals surface area contributed by atoms with Crippen molar-refractivity contribution in [1.29, 1.82) is 0 Å². The van der Waals surface area contributed by atoms with Crippen molar-refractivity contribution in [2.75, 3.05) is 0 Å². The largest absolute Gasteiger partial charge is 0.272 e. The summed E-state index contributed by atoms with van der Waals surface area (Å²) >= 11 is 11.7. The van der Waals surface area contributed by atoms with Crippen molar-refractivity contribution in [3.8, 4) is 0 Å². The van der Waals surface area contributed by atoms with E-state index in [1.807, 2.05) is 6.92 Å². The lowest BCUT2D eigenvalue weighted by atomic mass is 10.2. The predicted octanol–water partition coefficient (Wildman–Crippen LogP) is 3.90. The summed E-state index contributed by atoms with van der Waals surface area (Å²) in [6.07, 6.45) is 1.85. The molecule has 1 aromatic carbocycles. The van der Waals surface area contributed by atoms with Crippen LogP contribution in [0.2, 0.25) is 10.0 Å². The molecule has 0 aliphatic rings. The quantitative estimate of drug-likeness (QED) is 0.656. The van der Waals surface area contributed by atoms with Gasteiger partial charge in [-0.25, -0.2) is 5.43 Å². The van der Waals surface area contributed by atoms with Gasteiger partial charge < -0.3 is 0 Å². The van der Waals surface area contributed by atoms with Gasteiger partial charge in [0.25, 0.3) is 5.91 Å². The molecule has 1 N–H and O–H groups in total. The van der Waals surface area contributed by atoms with Gasteiger partial charge in [0.05, 0.1) is 10.6 Å². The molecule has 1 aromatic rings. The highest BCUT2D eigenvalue weighted by Crippen LogP contribution is 2.20. The molecule has 0 aliphatic heterocycles. The third-order valence-corrected chi connectivity index (χ3v) is 2.68. The maximum atomic E-state index is 11.7. The molecule has 0 heterocycles. The van der Waals surface area contributed by atoms with Gasteiger partial charge in [0.1, 0.15) is 0 Å². The summed E-state index contributed by atoms with van der Waals surface area (Å²) in [6, 6.07) is 4.72. The molecule has 0 fully saturated rings. The molecule has 5 heteroatoms. The number of hydrazone groups is 1. The molecule has 17 heavy (non-hydrogen) atoms. The summed E-state index contributed by atoms with van der Waals surface area (Å²) in [6.45, 7) is 3.92. The van der Waals surface area contributed by atoms with E-state index in [9.17, 15) is 4.79 Å². The Morgan fingerprint density at radius 3 is 2.71 bits per heavy atom. The number of nitrogens with one attached hydrogen (secondary N) is 1. The fourth-order valence-corrected chi connectivity index (χ4v) is 1.79. The van der Waals surface area contributed by atoms with Crippen LogP contribution in [0.3, 0.4) is 0 Å². The normalized spacial score (nSPS) is 11.4. The Morgan fingerprint density at radius 1 is 1.41 bits per heavy atom. The average molecular weight is 273 g/mol. The lowest BCUT2D eigenvalue weighted by Gasteiger charge is -2.04. The number of carbonyl (C=O) groups is 1. The van der Waals surface area contributed by atoms with E-state index in [-0.39, 0.29) is 5.91 Å². The minimum Gasteiger partial charge on any atom is -0.267 e. The second-order valence-electron chi connectivity index (χ2n) is 3.66. The monoisotopic (exact) mass is 272 g/mol. The molecule has 0 bridgehead atoms. The predicted molar refractivity (Wildman–Crippen MR) is 71.9 cm³/mol. The van der Waals surface area contributed by atoms with E-state index >= 15 is 0 Å². The third-order valence-electron chi connectivity index (χ3n) is 2.14. The first kappa shape index (κ1) is 14.0. The minimum atomic E-state index is -0.331. The third kappa shape index (κ3) is 4.36. The highest BCUT2D eigenvalue weighted by atomic mass is 35.5. The number of halogens is 2. The van der Waals surface area contributed by atoms with Crippen molar-refractivity contribution < 1.29 is 4.79 Å². The van der Waals surface area contributed by atoms with Crippen LogP contribution in [-0.2, 0) is 0 Å². The number of hydrogen-bond acceptors (Lipinski definition) is 2. The van der Waals surface area contributed by atoms with Crippen LogP contribution < -0.4 is 5.43 Å². The summed E-state index contributed by atoms with van der Waals surface area (Å²) in [7, 11) is 0. The van der Waals surface area contributed by atoms with Crippen LogP contribution in [0.25, 0.3) is 0 Å². The lowest BCUT2D eigenvalue weighted by molar-refractivity contribution is 0.0955. The molecule has 0 saturated heterocycles. The zero-order valence-corrected chi connectivity index (χ0v) is 11.3.